The van der Waals surface area contributed by atoms with Crippen molar-refractivity contribution in [3.05, 3.63) is 11.3 Å². The van der Waals surface area contributed by atoms with Crippen LogP contribution in [0, 0.1) is 11.3 Å². The molecule has 1 aliphatic rings. The molecule has 0 aliphatic carbocycles. The molecule has 7 heteroatoms. The maximum Gasteiger partial charge on any atom is 0.357 e. The number of nitrogens with two attached hydrogens (primary N) is 1. The molecule has 0 saturated carbocycles. The predicted molar refractivity (Wildman–Crippen MR) is 64.1 cm³/mol. The Kier molecular flexibility index (Phi) is 3.21. The number of carboxylic acids is 1. The maximum absolute atomic E-state index is 11.0. The van der Waals surface area contributed by atoms with Crippen molar-refractivity contribution >= 4 is 11.8 Å². The van der Waals surface area contributed by atoms with E-state index in [1.54, 1.807) is 0 Å². The molecule has 0 spiro atoms. The molecule has 96 valence electrons. The Morgan fingerprint density at radius 1 is 1.56 bits per heavy atom. The van der Waals surface area contributed by atoms with E-state index in [0.29, 0.717) is 0 Å². The molecule has 1 saturated heterocycles. The lowest BCUT2D eigenvalue weighted by Crippen LogP contribution is -2.32. The summed E-state index contributed by atoms with van der Waals surface area (Å²) in [6.07, 6.45) is 1.71. The summed E-state index contributed by atoms with van der Waals surface area (Å²) in [6, 6.07) is 1.88. The van der Waals surface area contributed by atoms with E-state index in [9.17, 15) is 4.79 Å². The van der Waals surface area contributed by atoms with E-state index in [1.165, 1.54) is 4.68 Å². The number of carboxylic acid groups (broad SMARTS) is 1. The fourth-order valence-electron chi connectivity index (χ4n) is 2.23. The zero-order valence-corrected chi connectivity index (χ0v) is 10.1. The van der Waals surface area contributed by atoms with Crippen molar-refractivity contribution in [3.63, 3.8) is 0 Å². The van der Waals surface area contributed by atoms with Gasteiger partial charge in [-0.05, 0) is 33.0 Å². The summed E-state index contributed by atoms with van der Waals surface area (Å²) in [5, 5.41) is 21.9. The van der Waals surface area contributed by atoms with Crippen molar-refractivity contribution in [2.45, 2.75) is 18.9 Å². The standard InChI is InChI=1S/C11H15N5O2/c1-15-4-2-7(3-5-15)16-10(13)8(6-12)9(14-16)11(17)18/h7H,2-5,13H2,1H3,(H,17,18). The molecule has 18 heavy (non-hydrogen) atoms. The number of hydrogen-bond acceptors (Lipinski definition) is 5. The normalized spacial score (nSPS) is 17.6. The highest BCUT2D eigenvalue weighted by atomic mass is 16.4. The van der Waals surface area contributed by atoms with Crippen LogP contribution in [0.1, 0.15) is 34.9 Å². The van der Waals surface area contributed by atoms with Crippen LogP contribution in [0.25, 0.3) is 0 Å². The molecule has 2 heterocycles. The highest BCUT2D eigenvalue weighted by Gasteiger charge is 2.26. The Bertz CT molecular complexity index is 508. The van der Waals surface area contributed by atoms with Crippen LogP contribution in [0.15, 0.2) is 0 Å². The Morgan fingerprint density at radius 3 is 2.61 bits per heavy atom. The van der Waals surface area contributed by atoms with Crippen LogP contribution < -0.4 is 5.73 Å². The van der Waals surface area contributed by atoms with Crippen molar-refractivity contribution in [1.82, 2.24) is 14.7 Å². The first kappa shape index (κ1) is 12.4. The first-order chi connectivity index (χ1) is 8.54. The van der Waals surface area contributed by atoms with Crippen molar-refractivity contribution in [2.75, 3.05) is 25.9 Å². The Balaban J connectivity index is 2.35. The number of piperidine rings is 1. The highest BCUT2D eigenvalue weighted by molar-refractivity contribution is 5.90. The van der Waals surface area contributed by atoms with Gasteiger partial charge in [-0.1, -0.05) is 0 Å². The molecule has 0 atom stereocenters. The molecule has 7 nitrogen and oxygen atoms in total. The molecule has 2 rings (SSSR count). The molecule has 0 aromatic carbocycles. The average molecular weight is 249 g/mol. The first-order valence-electron chi connectivity index (χ1n) is 5.74. The van der Waals surface area contributed by atoms with E-state index in [-0.39, 0.29) is 23.1 Å². The van der Waals surface area contributed by atoms with Crippen molar-refractivity contribution in [2.24, 2.45) is 0 Å². The monoisotopic (exact) mass is 249 g/mol. The number of nitrogen functional groups attached to an aromatic ring is 1. The minimum atomic E-state index is -1.22. The SMILES string of the molecule is CN1CCC(n2nc(C(=O)O)c(C#N)c2N)CC1. The van der Waals surface area contributed by atoms with Crippen molar-refractivity contribution < 1.29 is 9.90 Å². The van der Waals surface area contributed by atoms with Gasteiger partial charge in [0, 0.05) is 0 Å². The zero-order chi connectivity index (χ0) is 13.3. The molecule has 1 aromatic rings. The van der Waals surface area contributed by atoms with Crippen LogP contribution in [0.2, 0.25) is 0 Å². The van der Waals surface area contributed by atoms with E-state index in [2.05, 4.69) is 10.00 Å². The number of hydrogen-bond donors (Lipinski definition) is 2. The van der Waals surface area contributed by atoms with Gasteiger partial charge in [0.15, 0.2) is 5.69 Å². The molecule has 1 aliphatic heterocycles. The second-order valence-electron chi connectivity index (χ2n) is 4.50. The molecule has 0 radical (unpaired) electrons. The van der Waals surface area contributed by atoms with E-state index >= 15 is 0 Å². The lowest BCUT2D eigenvalue weighted by Gasteiger charge is -2.29. The molecule has 0 amide bonds. The number of anilines is 1. The molecule has 0 unspecified atom stereocenters. The van der Waals surface area contributed by atoms with E-state index in [0.717, 1.165) is 25.9 Å². The molecule has 3 N–H and O–H groups in total. The third kappa shape index (κ3) is 2.02. The summed E-state index contributed by atoms with van der Waals surface area (Å²) in [6.45, 7) is 1.82. The number of aromatic nitrogens is 2. The third-order valence-corrected chi connectivity index (χ3v) is 3.30. The second kappa shape index (κ2) is 4.66. The molecule has 0 bridgehead atoms. The third-order valence-electron chi connectivity index (χ3n) is 3.30. The number of carbonyl (C=O) groups is 1. The van der Waals surface area contributed by atoms with E-state index in [4.69, 9.17) is 16.1 Å². The Labute approximate surface area is 104 Å². The number of rotatable bonds is 2. The number of aromatic carboxylic acids is 1. The van der Waals surface area contributed by atoms with Crippen LogP contribution in [0.3, 0.4) is 0 Å². The average Bonchev–Trinajstić information content (AvgIpc) is 2.67. The van der Waals surface area contributed by atoms with Crippen molar-refractivity contribution in [3.8, 4) is 6.07 Å². The predicted octanol–water partition coefficient (Wildman–Crippen LogP) is 0.302. The molecular weight excluding hydrogens is 234 g/mol. The summed E-state index contributed by atoms with van der Waals surface area (Å²) in [7, 11) is 2.03. The van der Waals surface area contributed by atoms with Gasteiger partial charge < -0.3 is 15.7 Å². The fraction of sp³-hybridized carbons (Fsp3) is 0.545. The number of nitrogens with zero attached hydrogens (tertiary/aromatic N) is 4. The van der Waals surface area contributed by atoms with Gasteiger partial charge in [-0.25, -0.2) is 9.48 Å². The summed E-state index contributed by atoms with van der Waals surface area (Å²) in [5.41, 5.74) is 5.52. The largest absolute Gasteiger partial charge is 0.476 e. The molecule has 1 aromatic heterocycles. The van der Waals surface area contributed by atoms with Crippen molar-refractivity contribution in [1.29, 1.82) is 5.26 Å². The van der Waals surface area contributed by atoms with Gasteiger partial charge in [-0.15, -0.1) is 0 Å². The maximum atomic E-state index is 11.0. The highest BCUT2D eigenvalue weighted by Crippen LogP contribution is 2.27. The van der Waals surface area contributed by atoms with Crippen LogP contribution >= 0.6 is 0 Å². The molecule has 1 fully saturated rings. The fourth-order valence-corrected chi connectivity index (χ4v) is 2.23. The number of likely N-dealkylation sites (tertiary alicyclic amines) is 1. The smallest absolute Gasteiger partial charge is 0.357 e. The Morgan fingerprint density at radius 2 is 2.17 bits per heavy atom. The first-order valence-corrected chi connectivity index (χ1v) is 5.74. The quantitative estimate of drug-likeness (QED) is 0.780. The van der Waals surface area contributed by atoms with Gasteiger partial charge in [0.25, 0.3) is 0 Å². The van der Waals surface area contributed by atoms with Crippen LogP contribution in [0.5, 0.6) is 0 Å². The van der Waals surface area contributed by atoms with Gasteiger partial charge in [-0.2, -0.15) is 10.4 Å². The van der Waals surface area contributed by atoms with Gasteiger partial charge >= 0.3 is 5.97 Å². The summed E-state index contributed by atoms with van der Waals surface area (Å²) in [4.78, 5) is 13.2. The summed E-state index contributed by atoms with van der Waals surface area (Å²) >= 11 is 0. The van der Waals surface area contributed by atoms with Gasteiger partial charge in [0.05, 0.1) is 6.04 Å². The van der Waals surface area contributed by atoms with Crippen LogP contribution in [-0.4, -0.2) is 45.9 Å². The second-order valence-corrected chi connectivity index (χ2v) is 4.50. The van der Waals surface area contributed by atoms with Gasteiger partial charge in [0.1, 0.15) is 17.5 Å². The van der Waals surface area contributed by atoms with E-state index < -0.39 is 5.97 Å². The lowest BCUT2D eigenvalue weighted by atomic mass is 10.1. The lowest BCUT2D eigenvalue weighted by molar-refractivity contribution is 0.0688. The zero-order valence-electron chi connectivity index (χ0n) is 10.1. The summed E-state index contributed by atoms with van der Waals surface area (Å²) < 4.78 is 1.50. The van der Waals surface area contributed by atoms with E-state index in [1.807, 2.05) is 13.1 Å². The number of nitriles is 1. The minimum Gasteiger partial charge on any atom is -0.476 e. The van der Waals surface area contributed by atoms with Gasteiger partial charge in [0.2, 0.25) is 0 Å². The van der Waals surface area contributed by atoms with Crippen LogP contribution in [0.4, 0.5) is 5.82 Å². The molecular formula is C11H15N5O2. The minimum absolute atomic E-state index is 0.0403. The van der Waals surface area contributed by atoms with Gasteiger partial charge in [-0.3, -0.25) is 0 Å². The Hall–Kier alpha value is -2.07. The van der Waals surface area contributed by atoms with Crippen LogP contribution in [-0.2, 0) is 0 Å². The topological polar surface area (TPSA) is 108 Å². The summed E-state index contributed by atoms with van der Waals surface area (Å²) in [5.74, 6) is -1.06.